The third-order valence-electron chi connectivity index (χ3n) is 3.26. The number of hydrogen-bond donors (Lipinski definition) is 2. The minimum absolute atomic E-state index is 0.108. The smallest absolute Gasteiger partial charge is 0.338 e. The van der Waals surface area contributed by atoms with E-state index >= 15 is 0 Å². The van der Waals surface area contributed by atoms with Crippen molar-refractivity contribution in [2.45, 2.75) is 13.5 Å². The van der Waals surface area contributed by atoms with E-state index in [-0.39, 0.29) is 12.4 Å². The lowest BCUT2D eigenvalue weighted by molar-refractivity contribution is -0.119. The molecule has 6 heteroatoms. The predicted octanol–water partition coefficient (Wildman–Crippen LogP) is 2.18. The van der Waals surface area contributed by atoms with Crippen LogP contribution in [0.1, 0.15) is 33.2 Å². The summed E-state index contributed by atoms with van der Waals surface area (Å²) in [5.41, 5.74) is 1.90. The first kappa shape index (κ1) is 17.4. The molecule has 6 nitrogen and oxygen atoms in total. The molecule has 0 aliphatic heterocycles. The topological polar surface area (TPSA) is 92.7 Å². The molecule has 2 aromatic carbocycles. The number of anilines is 1. The van der Waals surface area contributed by atoms with E-state index in [0.717, 1.165) is 0 Å². The number of carbonyl (C=O) groups is 3. The second-order valence-electron chi connectivity index (χ2n) is 5.12. The van der Waals surface area contributed by atoms with Crippen LogP contribution in [0.5, 0.6) is 0 Å². The molecule has 0 atom stereocenters. The Kier molecular flexibility index (Phi) is 5.81. The number of ether oxygens (including phenoxy) is 1. The summed E-state index contributed by atoms with van der Waals surface area (Å²) in [4.78, 5) is 35.0. The van der Waals surface area contributed by atoms with Crippen molar-refractivity contribution in [1.29, 1.82) is 0 Å². The lowest BCUT2D eigenvalue weighted by atomic mass is 10.1. The molecule has 2 N–H and O–H groups in total. The average molecular weight is 327 g/mol. The molecule has 0 fully saturated rings. The van der Waals surface area contributed by atoms with Crippen molar-refractivity contribution in [3.05, 3.63) is 65.2 Å². The van der Waals surface area contributed by atoms with Crippen LogP contribution in [0.4, 0.5) is 5.69 Å². The fourth-order valence-electron chi connectivity index (χ4n) is 1.97. The lowest BCUT2D eigenvalue weighted by Gasteiger charge is -2.08. The predicted molar refractivity (Wildman–Crippen MR) is 87.7 cm³/mol. The van der Waals surface area contributed by atoms with Gasteiger partial charge in [0.2, 0.25) is 0 Å². The molecule has 2 rings (SSSR count). The molecule has 0 aliphatic carbocycles. The molecule has 2 aromatic rings. The van der Waals surface area contributed by atoms with Gasteiger partial charge in [-0.2, -0.15) is 0 Å². The van der Waals surface area contributed by atoms with Crippen LogP contribution in [0.15, 0.2) is 48.5 Å². The van der Waals surface area contributed by atoms with Gasteiger partial charge in [-0.25, -0.2) is 4.79 Å². The highest BCUT2D eigenvalue weighted by atomic mass is 16.5. The largest absolute Gasteiger partial charge is 0.452 e. The van der Waals surface area contributed by atoms with Gasteiger partial charge in [-0.3, -0.25) is 9.59 Å². The Balaban J connectivity index is 1.89. The van der Waals surface area contributed by atoms with Crippen molar-refractivity contribution in [2.24, 2.45) is 0 Å². The Morgan fingerprint density at radius 1 is 1.04 bits per heavy atom. The fourth-order valence-corrected chi connectivity index (χ4v) is 1.97. The Morgan fingerprint density at radius 3 is 2.38 bits per heavy atom. The van der Waals surface area contributed by atoms with Gasteiger partial charge in [-0.1, -0.05) is 24.3 Å². The van der Waals surface area contributed by atoms with Gasteiger partial charge < -0.3 is 15.2 Å². The van der Waals surface area contributed by atoms with Gasteiger partial charge in [0.15, 0.2) is 12.4 Å². The Morgan fingerprint density at radius 2 is 1.75 bits per heavy atom. The Bertz CT molecular complexity index is 752. The second-order valence-corrected chi connectivity index (χ2v) is 5.12. The van der Waals surface area contributed by atoms with Crippen LogP contribution >= 0.6 is 0 Å². The zero-order valence-corrected chi connectivity index (χ0v) is 13.1. The summed E-state index contributed by atoms with van der Waals surface area (Å²) in [7, 11) is 0. The molecule has 0 aromatic heterocycles. The van der Waals surface area contributed by atoms with Gasteiger partial charge >= 0.3 is 5.97 Å². The number of esters is 1. The van der Waals surface area contributed by atoms with E-state index in [4.69, 9.17) is 9.84 Å². The summed E-state index contributed by atoms with van der Waals surface area (Å²) in [5, 5.41) is 11.5. The number of aliphatic hydroxyl groups is 1. The van der Waals surface area contributed by atoms with Crippen LogP contribution in [0, 0.1) is 0 Å². The minimum atomic E-state index is -0.632. The molecule has 0 heterocycles. The molecule has 24 heavy (non-hydrogen) atoms. The molecule has 0 unspecified atom stereocenters. The van der Waals surface area contributed by atoms with Gasteiger partial charge in [0.1, 0.15) is 0 Å². The molecule has 0 radical (unpaired) electrons. The molecule has 0 bridgehead atoms. The number of aliphatic hydroxyl groups excluding tert-OH is 1. The third-order valence-corrected chi connectivity index (χ3v) is 3.26. The summed E-state index contributed by atoms with van der Waals surface area (Å²) >= 11 is 0. The maximum absolute atomic E-state index is 11.8. The van der Waals surface area contributed by atoms with Gasteiger partial charge in [0.25, 0.3) is 5.91 Å². The minimum Gasteiger partial charge on any atom is -0.452 e. The van der Waals surface area contributed by atoms with Gasteiger partial charge in [0.05, 0.1) is 12.2 Å². The van der Waals surface area contributed by atoms with E-state index in [1.807, 2.05) is 0 Å². The first-order valence-electron chi connectivity index (χ1n) is 7.27. The normalized spacial score (nSPS) is 10.1. The molecule has 0 saturated carbocycles. The highest BCUT2D eigenvalue weighted by Crippen LogP contribution is 2.11. The number of hydrogen-bond acceptors (Lipinski definition) is 5. The highest BCUT2D eigenvalue weighted by molar-refractivity contribution is 5.98. The number of nitrogens with one attached hydrogen (secondary N) is 1. The molecule has 0 spiro atoms. The molecule has 0 saturated heterocycles. The number of rotatable bonds is 6. The van der Waals surface area contributed by atoms with Crippen LogP contribution in [0.25, 0.3) is 0 Å². The molecule has 1 amide bonds. The fraction of sp³-hybridized carbons (Fsp3) is 0.167. The SMILES string of the molecule is CC(=O)c1cccc(NC(=O)COC(=O)c2ccc(CO)cc2)c1. The summed E-state index contributed by atoms with van der Waals surface area (Å²) < 4.78 is 4.93. The molecular formula is C18H17NO5. The van der Waals surface area contributed by atoms with E-state index < -0.39 is 18.5 Å². The van der Waals surface area contributed by atoms with Crippen LogP contribution in [-0.2, 0) is 16.1 Å². The maximum Gasteiger partial charge on any atom is 0.338 e. The van der Waals surface area contributed by atoms with Crippen LogP contribution < -0.4 is 5.32 Å². The number of carbonyl (C=O) groups excluding carboxylic acids is 3. The van der Waals surface area contributed by atoms with Gasteiger partial charge in [-0.05, 0) is 36.8 Å². The Hall–Kier alpha value is -2.99. The van der Waals surface area contributed by atoms with E-state index in [1.165, 1.54) is 19.1 Å². The maximum atomic E-state index is 11.8. The van der Waals surface area contributed by atoms with E-state index in [1.54, 1.807) is 36.4 Å². The van der Waals surface area contributed by atoms with E-state index in [0.29, 0.717) is 22.4 Å². The van der Waals surface area contributed by atoms with Crippen LogP contribution in [0.3, 0.4) is 0 Å². The van der Waals surface area contributed by atoms with Crippen molar-refractivity contribution < 1.29 is 24.2 Å². The standard InChI is InChI=1S/C18H17NO5/c1-12(21)15-3-2-4-16(9-15)19-17(22)11-24-18(23)14-7-5-13(10-20)6-8-14/h2-9,20H,10-11H2,1H3,(H,19,22). The van der Waals surface area contributed by atoms with Crippen molar-refractivity contribution in [2.75, 3.05) is 11.9 Å². The highest BCUT2D eigenvalue weighted by Gasteiger charge is 2.11. The number of ketones is 1. The van der Waals surface area contributed by atoms with Crippen molar-refractivity contribution in [1.82, 2.24) is 0 Å². The second kappa shape index (κ2) is 8.03. The zero-order chi connectivity index (χ0) is 17.5. The van der Waals surface area contributed by atoms with Crippen LogP contribution in [-0.4, -0.2) is 29.4 Å². The molecule has 124 valence electrons. The molecule has 0 aliphatic rings. The number of Topliss-reactive ketones (excluding diaryl/α,β-unsaturated/α-hetero) is 1. The first-order valence-corrected chi connectivity index (χ1v) is 7.27. The summed E-state index contributed by atoms with van der Waals surface area (Å²) in [5.74, 6) is -1.24. The average Bonchev–Trinajstić information content (AvgIpc) is 2.60. The summed E-state index contributed by atoms with van der Waals surface area (Å²) in [6.07, 6.45) is 0. The van der Waals surface area contributed by atoms with Crippen molar-refractivity contribution >= 4 is 23.3 Å². The summed E-state index contributed by atoms with van der Waals surface area (Å²) in [6.45, 7) is 0.882. The number of benzene rings is 2. The van der Waals surface area contributed by atoms with Crippen LogP contribution in [0.2, 0.25) is 0 Å². The number of amides is 1. The molecular weight excluding hydrogens is 310 g/mol. The van der Waals surface area contributed by atoms with Crippen molar-refractivity contribution in [3.8, 4) is 0 Å². The zero-order valence-electron chi connectivity index (χ0n) is 13.1. The van der Waals surface area contributed by atoms with Gasteiger partial charge in [-0.15, -0.1) is 0 Å². The Labute approximate surface area is 139 Å². The van der Waals surface area contributed by atoms with E-state index in [2.05, 4.69) is 5.32 Å². The van der Waals surface area contributed by atoms with E-state index in [9.17, 15) is 14.4 Å². The quantitative estimate of drug-likeness (QED) is 0.626. The summed E-state index contributed by atoms with van der Waals surface area (Å²) in [6, 6.07) is 12.7. The third kappa shape index (κ3) is 4.76. The van der Waals surface area contributed by atoms with Crippen molar-refractivity contribution in [3.63, 3.8) is 0 Å². The lowest BCUT2D eigenvalue weighted by Crippen LogP contribution is -2.21. The first-order chi connectivity index (χ1) is 11.5. The monoisotopic (exact) mass is 327 g/mol. The van der Waals surface area contributed by atoms with Gasteiger partial charge in [0, 0.05) is 11.3 Å².